The van der Waals surface area contributed by atoms with Crippen LogP contribution in [0.2, 0.25) is 0 Å². The maximum Gasteiger partial charge on any atom is 0.168 e. The Bertz CT molecular complexity index is 403. The first kappa shape index (κ1) is 12.3. The van der Waals surface area contributed by atoms with Gasteiger partial charge in [0.05, 0.1) is 6.10 Å². The molecule has 0 saturated heterocycles. The fourth-order valence-electron chi connectivity index (χ4n) is 1.54. The Morgan fingerprint density at radius 2 is 2.06 bits per heavy atom. The second kappa shape index (κ2) is 5.00. The van der Waals surface area contributed by atoms with E-state index >= 15 is 0 Å². The van der Waals surface area contributed by atoms with Crippen LogP contribution < -0.4 is 10.1 Å². The highest BCUT2D eigenvalue weighted by atomic mass is 19.1. The third-order valence-corrected chi connectivity index (χ3v) is 2.59. The van der Waals surface area contributed by atoms with Crippen molar-refractivity contribution in [2.24, 2.45) is 0 Å². The fraction of sp³-hybridized carbons (Fsp3) is 0.538. The molecular formula is C13H17F2NO. The number of rotatable bonds is 5. The van der Waals surface area contributed by atoms with Crippen molar-refractivity contribution in [2.45, 2.75) is 45.4 Å². The number of benzene rings is 1. The molecule has 0 spiro atoms. The summed E-state index contributed by atoms with van der Waals surface area (Å²) in [5.41, 5.74) is 0.545. The van der Waals surface area contributed by atoms with Gasteiger partial charge >= 0.3 is 0 Å². The lowest BCUT2D eigenvalue weighted by Gasteiger charge is -2.14. The van der Waals surface area contributed by atoms with Gasteiger partial charge in [0.1, 0.15) is 5.82 Å². The minimum Gasteiger partial charge on any atom is -0.487 e. The molecule has 0 aliphatic heterocycles. The van der Waals surface area contributed by atoms with Crippen LogP contribution in [0.15, 0.2) is 12.1 Å². The number of ether oxygens (including phenoxy) is 1. The Balaban J connectivity index is 2.19. The molecule has 0 bridgehead atoms. The topological polar surface area (TPSA) is 21.3 Å². The zero-order chi connectivity index (χ0) is 12.4. The lowest BCUT2D eigenvalue weighted by molar-refractivity contribution is 0.282. The Morgan fingerprint density at radius 3 is 2.65 bits per heavy atom. The molecule has 4 heteroatoms. The Hall–Kier alpha value is -1.16. The van der Waals surface area contributed by atoms with Crippen LogP contribution in [0.5, 0.6) is 5.75 Å². The van der Waals surface area contributed by atoms with Gasteiger partial charge in [0, 0.05) is 24.2 Å². The van der Waals surface area contributed by atoms with E-state index in [1.165, 1.54) is 6.07 Å². The van der Waals surface area contributed by atoms with Crippen LogP contribution in [0.25, 0.3) is 0 Å². The monoisotopic (exact) mass is 241 g/mol. The van der Waals surface area contributed by atoms with Gasteiger partial charge in [0.15, 0.2) is 11.6 Å². The van der Waals surface area contributed by atoms with E-state index in [2.05, 4.69) is 5.32 Å². The number of halogens is 2. The summed E-state index contributed by atoms with van der Waals surface area (Å²) >= 11 is 0. The van der Waals surface area contributed by atoms with Crippen molar-refractivity contribution in [2.75, 3.05) is 0 Å². The van der Waals surface area contributed by atoms with E-state index in [0.717, 1.165) is 18.9 Å². The van der Waals surface area contributed by atoms with Crippen molar-refractivity contribution in [1.82, 2.24) is 5.32 Å². The van der Waals surface area contributed by atoms with Crippen molar-refractivity contribution in [3.63, 3.8) is 0 Å². The van der Waals surface area contributed by atoms with Crippen molar-refractivity contribution in [1.29, 1.82) is 0 Å². The van der Waals surface area contributed by atoms with Crippen LogP contribution >= 0.6 is 0 Å². The molecule has 0 radical (unpaired) electrons. The lowest BCUT2D eigenvalue weighted by atomic mass is 10.1. The van der Waals surface area contributed by atoms with E-state index in [-0.39, 0.29) is 17.9 Å². The number of nitrogens with one attached hydrogen (secondary N) is 1. The smallest absolute Gasteiger partial charge is 0.168 e. The molecule has 1 aliphatic carbocycles. The van der Waals surface area contributed by atoms with E-state index in [9.17, 15) is 8.78 Å². The van der Waals surface area contributed by atoms with Crippen LogP contribution in [0, 0.1) is 11.6 Å². The molecule has 1 saturated carbocycles. The van der Waals surface area contributed by atoms with Gasteiger partial charge in [0.2, 0.25) is 0 Å². The molecule has 1 aliphatic rings. The van der Waals surface area contributed by atoms with E-state index in [0.29, 0.717) is 12.1 Å². The standard InChI is InChI=1S/C13H17F2NO/c1-8(2)16-7-9-5-10(14)6-12(15)13(9)17-11-3-4-11/h5-6,8,11,16H,3-4,7H2,1-2H3. The molecule has 2 rings (SSSR count). The summed E-state index contributed by atoms with van der Waals surface area (Å²) in [4.78, 5) is 0. The molecule has 0 amide bonds. The largest absolute Gasteiger partial charge is 0.487 e. The zero-order valence-electron chi connectivity index (χ0n) is 10.1. The van der Waals surface area contributed by atoms with Crippen LogP contribution in [0.1, 0.15) is 32.3 Å². The summed E-state index contributed by atoms with van der Waals surface area (Å²) in [6, 6.07) is 2.46. The molecule has 0 unspecified atom stereocenters. The molecule has 2 nitrogen and oxygen atoms in total. The Morgan fingerprint density at radius 1 is 1.35 bits per heavy atom. The molecule has 0 aromatic heterocycles. The SMILES string of the molecule is CC(C)NCc1cc(F)cc(F)c1OC1CC1. The van der Waals surface area contributed by atoms with Gasteiger partial charge in [0.25, 0.3) is 0 Å². The number of hydrogen-bond donors (Lipinski definition) is 1. The normalized spacial score (nSPS) is 15.4. The summed E-state index contributed by atoms with van der Waals surface area (Å²) in [7, 11) is 0. The minimum absolute atomic E-state index is 0.104. The minimum atomic E-state index is -0.613. The molecule has 0 heterocycles. The van der Waals surface area contributed by atoms with Gasteiger partial charge in [-0.1, -0.05) is 13.8 Å². The molecule has 1 N–H and O–H groups in total. The average molecular weight is 241 g/mol. The summed E-state index contributed by atoms with van der Waals surface area (Å²) in [5.74, 6) is -0.981. The van der Waals surface area contributed by atoms with Crippen LogP contribution in [-0.4, -0.2) is 12.1 Å². The predicted molar refractivity (Wildman–Crippen MR) is 62.0 cm³/mol. The van der Waals surface area contributed by atoms with Gasteiger partial charge in [-0.05, 0) is 18.9 Å². The van der Waals surface area contributed by atoms with E-state index < -0.39 is 11.6 Å². The second-order valence-electron chi connectivity index (χ2n) is 4.73. The predicted octanol–water partition coefficient (Wildman–Crippen LogP) is 3.00. The average Bonchev–Trinajstić information content (AvgIpc) is 3.03. The molecule has 94 valence electrons. The van der Waals surface area contributed by atoms with Crippen LogP contribution in [0.3, 0.4) is 0 Å². The first-order valence-corrected chi connectivity index (χ1v) is 5.94. The molecule has 1 aromatic carbocycles. The maximum atomic E-state index is 13.6. The van der Waals surface area contributed by atoms with Crippen LogP contribution in [-0.2, 0) is 6.54 Å². The summed E-state index contributed by atoms with van der Waals surface area (Å²) in [6.07, 6.45) is 2.01. The highest BCUT2D eigenvalue weighted by Gasteiger charge is 2.26. The molecule has 0 atom stereocenters. The first-order valence-electron chi connectivity index (χ1n) is 5.94. The van der Waals surface area contributed by atoms with Gasteiger partial charge in [-0.15, -0.1) is 0 Å². The first-order chi connectivity index (χ1) is 8.06. The summed E-state index contributed by atoms with van der Waals surface area (Å²) < 4.78 is 32.3. The highest BCUT2D eigenvalue weighted by molar-refractivity contribution is 5.36. The molecule has 17 heavy (non-hydrogen) atoms. The van der Waals surface area contributed by atoms with Gasteiger partial charge in [-0.3, -0.25) is 0 Å². The van der Waals surface area contributed by atoms with Crippen molar-refractivity contribution >= 4 is 0 Å². The Kier molecular flexibility index (Phi) is 3.62. The molecule has 1 aromatic rings. The highest BCUT2D eigenvalue weighted by Crippen LogP contribution is 2.32. The van der Waals surface area contributed by atoms with Gasteiger partial charge in [-0.25, -0.2) is 8.78 Å². The Labute approximate surface area is 100.0 Å². The number of hydrogen-bond acceptors (Lipinski definition) is 2. The third kappa shape index (κ3) is 3.40. The third-order valence-electron chi connectivity index (χ3n) is 2.59. The maximum absolute atomic E-state index is 13.6. The van der Waals surface area contributed by atoms with Crippen molar-refractivity contribution in [3.8, 4) is 5.75 Å². The van der Waals surface area contributed by atoms with E-state index in [1.54, 1.807) is 0 Å². The van der Waals surface area contributed by atoms with Crippen LogP contribution in [0.4, 0.5) is 8.78 Å². The lowest BCUT2D eigenvalue weighted by Crippen LogP contribution is -2.22. The summed E-state index contributed by atoms with van der Waals surface area (Å²) in [6.45, 7) is 4.38. The van der Waals surface area contributed by atoms with Crippen molar-refractivity contribution in [3.05, 3.63) is 29.3 Å². The molecule has 1 fully saturated rings. The van der Waals surface area contributed by atoms with Gasteiger partial charge in [-0.2, -0.15) is 0 Å². The van der Waals surface area contributed by atoms with Gasteiger partial charge < -0.3 is 10.1 Å². The molecular weight excluding hydrogens is 224 g/mol. The zero-order valence-corrected chi connectivity index (χ0v) is 10.1. The van der Waals surface area contributed by atoms with Crippen molar-refractivity contribution < 1.29 is 13.5 Å². The van der Waals surface area contributed by atoms with E-state index in [4.69, 9.17) is 4.74 Å². The summed E-state index contributed by atoms with van der Waals surface area (Å²) in [5, 5.41) is 3.14. The second-order valence-corrected chi connectivity index (χ2v) is 4.73. The quantitative estimate of drug-likeness (QED) is 0.855. The van der Waals surface area contributed by atoms with E-state index in [1.807, 2.05) is 13.8 Å². The fourth-order valence-corrected chi connectivity index (χ4v) is 1.54.